The van der Waals surface area contributed by atoms with Gasteiger partial charge in [-0.15, -0.1) is 0 Å². The maximum Gasteiger partial charge on any atom is 0.0783 e. The van der Waals surface area contributed by atoms with E-state index in [4.69, 9.17) is 0 Å². The number of para-hydroxylation sites is 5. The van der Waals surface area contributed by atoms with E-state index >= 15 is 0 Å². The number of H-pyrrole nitrogens is 3. The van der Waals surface area contributed by atoms with Gasteiger partial charge in [0.1, 0.15) is 0 Å². The number of nitrogens with one attached hydrogen (secondary N) is 3. The SMILES string of the molecule is Ic1ccccc1.[B].[CH2-]I.c1ccc(-n2c3ccccc3c3ccc4c5ccccc5[nH]c4c32)cc1.c1ccc2c(c1)[nH]c1c2ccc2c3ccccc3[nH]c21. The van der Waals surface area contributed by atoms with Crippen molar-refractivity contribution in [2.75, 3.05) is 0 Å². The minimum Gasteiger partial charge on any atom is -0.353 e. The minimum absolute atomic E-state index is 0. The molecule has 0 aliphatic carbocycles. The lowest BCUT2D eigenvalue weighted by Gasteiger charge is -2.08. The summed E-state index contributed by atoms with van der Waals surface area (Å²) >= 11 is 4.18. The van der Waals surface area contributed by atoms with Gasteiger partial charge in [-0.2, -0.15) is 0 Å². The molecule has 0 bridgehead atoms. The van der Waals surface area contributed by atoms with Gasteiger partial charge in [0.15, 0.2) is 0 Å². The van der Waals surface area contributed by atoms with Crippen molar-refractivity contribution in [3.63, 3.8) is 0 Å². The molecule has 0 spiro atoms. The van der Waals surface area contributed by atoms with E-state index in [1.807, 2.05) is 40.8 Å². The number of hydrogen-bond acceptors (Lipinski definition) is 0. The summed E-state index contributed by atoms with van der Waals surface area (Å²) in [5.74, 6) is 0. The van der Waals surface area contributed by atoms with Gasteiger partial charge in [0.25, 0.3) is 0 Å². The van der Waals surface area contributed by atoms with Crippen LogP contribution in [0.1, 0.15) is 0 Å². The molecule has 3 radical (unpaired) electrons. The smallest absolute Gasteiger partial charge is 0.0783 e. The highest BCUT2D eigenvalue weighted by atomic mass is 127. The van der Waals surface area contributed by atoms with Crippen LogP contribution in [0.15, 0.2) is 182 Å². The molecule has 0 unspecified atom stereocenters. The van der Waals surface area contributed by atoms with Crippen molar-refractivity contribution in [2.45, 2.75) is 0 Å². The fourth-order valence-corrected chi connectivity index (χ4v) is 8.28. The second kappa shape index (κ2) is 16.3. The van der Waals surface area contributed by atoms with Gasteiger partial charge >= 0.3 is 0 Å². The van der Waals surface area contributed by atoms with E-state index in [9.17, 15) is 0 Å². The third-order valence-electron chi connectivity index (χ3n) is 10.2. The molecule has 0 fully saturated rings. The monoisotopic (exact) mass is 944 g/mol. The first kappa shape index (κ1) is 37.4. The van der Waals surface area contributed by atoms with E-state index < -0.39 is 0 Å². The topological polar surface area (TPSA) is 52.3 Å². The first-order chi connectivity index (χ1) is 27.2. The Morgan fingerprint density at radius 2 is 0.732 bits per heavy atom. The van der Waals surface area contributed by atoms with E-state index in [0.29, 0.717) is 0 Å². The van der Waals surface area contributed by atoms with Crippen LogP contribution >= 0.6 is 45.2 Å². The van der Waals surface area contributed by atoms with Crippen LogP contribution in [0.2, 0.25) is 0 Å². The summed E-state index contributed by atoms with van der Waals surface area (Å²) in [5, 5.41) is 10.2. The highest BCUT2D eigenvalue weighted by molar-refractivity contribution is 14.1. The van der Waals surface area contributed by atoms with E-state index in [2.05, 4.69) is 211 Å². The minimum atomic E-state index is 0. The largest absolute Gasteiger partial charge is 0.353 e. The molecule has 56 heavy (non-hydrogen) atoms. The molecule has 12 aromatic rings. The fraction of sp³-hybridized carbons (Fsp3) is 0. The molecule has 0 atom stereocenters. The van der Waals surface area contributed by atoms with Crippen molar-refractivity contribution < 1.29 is 0 Å². The van der Waals surface area contributed by atoms with Crippen molar-refractivity contribution in [1.82, 2.24) is 19.5 Å². The fourth-order valence-electron chi connectivity index (χ4n) is 7.86. The highest BCUT2D eigenvalue weighted by Crippen LogP contribution is 2.39. The van der Waals surface area contributed by atoms with Crippen LogP contribution in [0.5, 0.6) is 0 Å². The lowest BCUT2D eigenvalue weighted by Crippen LogP contribution is -1.93. The van der Waals surface area contributed by atoms with Crippen LogP contribution in [-0.4, -0.2) is 27.9 Å². The van der Waals surface area contributed by atoms with Gasteiger partial charge in [-0.1, -0.05) is 133 Å². The standard InChI is InChI=1S/C24H16N2.C18H12N2.C6H5I.CH2I.B/c1-2-8-16(9-3-1)26-22-13-7-5-11-18(22)20-15-14-19-17-10-4-6-12-21(17)25-23(19)24(20)26;1-3-7-15-11(5-1)13-9-10-14-12-6-2-4-8-16(12)20-18(14)17(13)19-15;7-6-4-2-1-3-5-6;1-2;/h1-15,25H;1-10,19-20H;1-5H;1H2;/q;;;-1;. The zero-order chi connectivity index (χ0) is 37.3. The maximum absolute atomic E-state index is 3.67. The molecule has 8 aromatic carbocycles. The van der Waals surface area contributed by atoms with Gasteiger partial charge < -0.3 is 42.1 Å². The van der Waals surface area contributed by atoms with Gasteiger partial charge in [0.05, 0.1) is 27.6 Å². The van der Waals surface area contributed by atoms with Crippen LogP contribution in [0.3, 0.4) is 0 Å². The molecule has 4 aromatic heterocycles. The lowest BCUT2D eigenvalue weighted by molar-refractivity contribution is 1.18. The number of halogens is 2. The molecule has 0 saturated heterocycles. The Labute approximate surface area is 353 Å². The molecule has 0 amide bonds. The van der Waals surface area contributed by atoms with Crippen LogP contribution in [-0.2, 0) is 0 Å². The molecular weight excluding hydrogens is 909 g/mol. The average molecular weight is 944 g/mol. The summed E-state index contributed by atoms with van der Waals surface area (Å²) in [4.78, 5) is 14.0. The molecule has 4 nitrogen and oxygen atoms in total. The van der Waals surface area contributed by atoms with E-state index in [1.54, 1.807) is 0 Å². The van der Waals surface area contributed by atoms with Gasteiger partial charge in [0, 0.05) is 77.3 Å². The number of hydrogen-bond donors (Lipinski definition) is 3. The Morgan fingerprint density at radius 1 is 0.357 bits per heavy atom. The van der Waals surface area contributed by atoms with Crippen LogP contribution < -0.4 is 0 Å². The number of nitrogens with zero attached hydrogens (tertiary/aromatic N) is 1. The number of fused-ring (bicyclic) bond motifs is 14. The second-order valence-electron chi connectivity index (χ2n) is 13.3. The van der Waals surface area contributed by atoms with Crippen LogP contribution in [0.4, 0.5) is 0 Å². The molecule has 269 valence electrons. The van der Waals surface area contributed by atoms with Gasteiger partial charge in [-0.3, -0.25) is 4.93 Å². The predicted octanol–water partition coefficient (Wildman–Crippen LogP) is 14.5. The van der Waals surface area contributed by atoms with Gasteiger partial charge in [-0.05, 0) is 71.1 Å². The van der Waals surface area contributed by atoms with E-state index in [-0.39, 0.29) is 8.41 Å². The Bertz CT molecular complexity index is 3160. The van der Waals surface area contributed by atoms with Gasteiger partial charge in [0.2, 0.25) is 0 Å². The first-order valence-corrected chi connectivity index (χ1v) is 20.7. The normalized spacial score (nSPS) is 11.0. The average Bonchev–Trinajstić information content (AvgIpc) is 4.02. The summed E-state index contributed by atoms with van der Waals surface area (Å²) in [6, 6.07) is 63.9. The molecular formula is C49H35BI2N4-. The molecule has 0 aliphatic rings. The van der Waals surface area contributed by atoms with E-state index in [0.717, 1.165) is 0 Å². The number of aromatic amines is 3. The zero-order valence-corrected chi connectivity index (χ0v) is 34.6. The molecule has 0 aliphatic heterocycles. The number of aromatic nitrogens is 4. The molecule has 0 saturated carbocycles. The summed E-state index contributed by atoms with van der Waals surface area (Å²) in [6.45, 7) is 0. The van der Waals surface area contributed by atoms with Crippen molar-refractivity contribution in [1.29, 1.82) is 0 Å². The van der Waals surface area contributed by atoms with Crippen molar-refractivity contribution in [3.05, 3.63) is 190 Å². The molecule has 12 rings (SSSR count). The zero-order valence-electron chi connectivity index (χ0n) is 30.3. The van der Waals surface area contributed by atoms with Crippen molar-refractivity contribution in [3.8, 4) is 5.69 Å². The highest BCUT2D eigenvalue weighted by Gasteiger charge is 2.17. The summed E-state index contributed by atoms with van der Waals surface area (Å²) in [5.41, 5.74) is 10.8. The van der Waals surface area contributed by atoms with Crippen molar-refractivity contribution >= 4 is 141 Å². The molecule has 4 heterocycles. The van der Waals surface area contributed by atoms with Crippen molar-refractivity contribution in [2.24, 2.45) is 0 Å². The van der Waals surface area contributed by atoms with Crippen LogP contribution in [0, 0.1) is 8.50 Å². The Hall–Kier alpha value is -5.52. The molecule has 3 N–H and O–H groups in total. The Morgan fingerprint density at radius 3 is 1.21 bits per heavy atom. The lowest BCUT2D eigenvalue weighted by atomic mass is 10.1. The molecule has 7 heteroatoms. The quantitative estimate of drug-likeness (QED) is 0.0834. The Kier molecular flexibility index (Phi) is 10.9. The third-order valence-corrected chi connectivity index (χ3v) is 10.9. The number of rotatable bonds is 1. The Balaban J connectivity index is 0.000000130. The number of benzene rings is 8. The first-order valence-electron chi connectivity index (χ1n) is 18.1. The maximum atomic E-state index is 3.67. The second-order valence-corrected chi connectivity index (χ2v) is 14.5. The predicted molar refractivity (Wildman–Crippen MR) is 260 cm³/mol. The van der Waals surface area contributed by atoms with Crippen LogP contribution in [0.25, 0.3) is 92.9 Å². The van der Waals surface area contributed by atoms with Gasteiger partial charge in [-0.25, -0.2) is 0 Å². The summed E-state index contributed by atoms with van der Waals surface area (Å²) in [7, 11) is 0. The summed E-state index contributed by atoms with van der Waals surface area (Å²) < 4.78 is 3.67. The third kappa shape index (κ3) is 6.62. The van der Waals surface area contributed by atoms with E-state index in [1.165, 1.54) is 96.5 Å². The summed E-state index contributed by atoms with van der Waals surface area (Å²) in [6.07, 6.45) is 0.